The average Bonchev–Trinajstić information content (AvgIpc) is 3.03. The van der Waals surface area contributed by atoms with Gasteiger partial charge in [0.1, 0.15) is 11.5 Å². The van der Waals surface area contributed by atoms with Crippen LogP contribution < -0.4 is 20.1 Å². The molecule has 4 rings (SSSR count). The lowest BCUT2D eigenvalue weighted by Gasteiger charge is -2.13. The number of carbonyl (C=O) groups excluding carboxylic acids is 4. The summed E-state index contributed by atoms with van der Waals surface area (Å²) in [7, 11) is 0. The van der Waals surface area contributed by atoms with E-state index in [1.54, 1.807) is 84.9 Å². The van der Waals surface area contributed by atoms with Crippen molar-refractivity contribution in [1.29, 1.82) is 0 Å². The second-order valence-corrected chi connectivity index (χ2v) is 9.27. The lowest BCUT2D eigenvalue weighted by molar-refractivity contribution is -0.138. The minimum atomic E-state index is -0.690. The second-order valence-electron chi connectivity index (χ2n) is 9.27. The first kappa shape index (κ1) is 31.0. The second kappa shape index (κ2) is 15.4. The molecule has 0 fully saturated rings. The van der Waals surface area contributed by atoms with Crippen molar-refractivity contribution in [1.82, 2.24) is 0 Å². The summed E-state index contributed by atoms with van der Waals surface area (Å²) in [5.41, 5.74) is 2.78. The quantitative estimate of drug-likeness (QED) is 0.139. The van der Waals surface area contributed by atoms with Gasteiger partial charge in [0.15, 0.2) is 0 Å². The van der Waals surface area contributed by atoms with Crippen LogP contribution in [0.2, 0.25) is 0 Å². The Kier molecular flexibility index (Phi) is 10.8. The molecule has 44 heavy (non-hydrogen) atoms. The van der Waals surface area contributed by atoms with Crippen LogP contribution in [0.3, 0.4) is 0 Å². The van der Waals surface area contributed by atoms with Crippen molar-refractivity contribution in [3.8, 4) is 11.5 Å². The van der Waals surface area contributed by atoms with E-state index in [4.69, 9.17) is 18.9 Å². The van der Waals surface area contributed by atoms with Gasteiger partial charge in [-0.1, -0.05) is 61.7 Å². The Morgan fingerprint density at radius 3 is 1.32 bits per heavy atom. The molecule has 224 valence electrons. The van der Waals surface area contributed by atoms with Gasteiger partial charge in [-0.15, -0.1) is 0 Å². The normalized spacial score (nSPS) is 10.3. The third kappa shape index (κ3) is 9.05. The van der Waals surface area contributed by atoms with Crippen LogP contribution in [0.15, 0.2) is 110 Å². The van der Waals surface area contributed by atoms with Crippen LogP contribution in [0.1, 0.15) is 11.1 Å². The number of anilines is 2. The Bertz CT molecular complexity index is 1540. The largest absolute Gasteiger partial charge is 0.462 e. The van der Waals surface area contributed by atoms with Crippen LogP contribution in [0.5, 0.6) is 11.5 Å². The number of carbonyl (C=O) groups is 4. The number of benzene rings is 4. The Morgan fingerprint density at radius 1 is 0.568 bits per heavy atom. The molecule has 4 aromatic rings. The summed E-state index contributed by atoms with van der Waals surface area (Å²) in [4.78, 5) is 47.6. The molecule has 0 aliphatic carbocycles. The predicted octanol–water partition coefficient (Wildman–Crippen LogP) is 6.61. The minimum absolute atomic E-state index is 0.215. The van der Waals surface area contributed by atoms with Gasteiger partial charge in [0.25, 0.3) is 0 Å². The highest BCUT2D eigenvalue weighted by atomic mass is 16.6. The van der Waals surface area contributed by atoms with Crippen molar-refractivity contribution in [2.24, 2.45) is 0 Å². The van der Waals surface area contributed by atoms with Crippen LogP contribution in [-0.2, 0) is 31.9 Å². The SMILES string of the molecule is C=CC(=O)OCCc1ccc(OC(=O)Nc2cccc3c(NC(=O)Oc4ccc(CCOC(=O)C=C)cc4)cccc23)cc1. The van der Waals surface area contributed by atoms with Crippen LogP contribution in [0, 0.1) is 0 Å². The lowest BCUT2D eigenvalue weighted by atomic mass is 10.1. The van der Waals surface area contributed by atoms with Gasteiger partial charge in [-0.25, -0.2) is 19.2 Å². The predicted molar refractivity (Wildman–Crippen MR) is 166 cm³/mol. The highest BCUT2D eigenvalue weighted by Crippen LogP contribution is 2.30. The molecule has 2 amide bonds. The van der Waals surface area contributed by atoms with Gasteiger partial charge in [0.05, 0.1) is 24.6 Å². The monoisotopic (exact) mass is 594 g/mol. The van der Waals surface area contributed by atoms with E-state index in [0.29, 0.717) is 46.5 Å². The van der Waals surface area contributed by atoms with E-state index in [9.17, 15) is 19.2 Å². The van der Waals surface area contributed by atoms with Crippen LogP contribution in [0.4, 0.5) is 21.0 Å². The molecule has 0 atom stereocenters. The number of amides is 2. The summed E-state index contributed by atoms with van der Waals surface area (Å²) < 4.78 is 20.8. The fourth-order valence-electron chi connectivity index (χ4n) is 4.12. The van der Waals surface area contributed by atoms with E-state index >= 15 is 0 Å². The topological polar surface area (TPSA) is 129 Å². The molecule has 0 spiro atoms. The Labute approximate surface area is 253 Å². The van der Waals surface area contributed by atoms with Crippen LogP contribution in [-0.4, -0.2) is 37.3 Å². The van der Waals surface area contributed by atoms with Gasteiger partial charge in [0, 0.05) is 35.8 Å². The number of esters is 2. The molecule has 0 bridgehead atoms. The van der Waals surface area contributed by atoms with Crippen molar-refractivity contribution < 1.29 is 38.1 Å². The first-order valence-electron chi connectivity index (χ1n) is 13.6. The maximum Gasteiger partial charge on any atom is 0.417 e. The highest BCUT2D eigenvalue weighted by Gasteiger charge is 2.13. The summed E-state index contributed by atoms with van der Waals surface area (Å²) in [6.07, 6.45) is 1.85. The molecule has 0 aliphatic rings. The van der Waals surface area contributed by atoms with Crippen molar-refractivity contribution in [2.75, 3.05) is 23.8 Å². The molecule has 0 saturated heterocycles. The van der Waals surface area contributed by atoms with Gasteiger partial charge < -0.3 is 18.9 Å². The molecule has 4 aromatic carbocycles. The zero-order chi connectivity index (χ0) is 31.3. The zero-order valence-electron chi connectivity index (χ0n) is 23.7. The molecule has 0 unspecified atom stereocenters. The van der Waals surface area contributed by atoms with E-state index in [1.165, 1.54) is 0 Å². The van der Waals surface area contributed by atoms with Gasteiger partial charge in [-0.3, -0.25) is 10.6 Å². The van der Waals surface area contributed by atoms with E-state index < -0.39 is 24.1 Å². The number of hydrogen-bond acceptors (Lipinski definition) is 8. The number of hydrogen-bond donors (Lipinski definition) is 2. The first-order valence-corrected chi connectivity index (χ1v) is 13.6. The first-order chi connectivity index (χ1) is 21.3. The third-order valence-electron chi connectivity index (χ3n) is 6.27. The van der Waals surface area contributed by atoms with Crippen molar-refractivity contribution >= 4 is 46.3 Å². The fourth-order valence-corrected chi connectivity index (χ4v) is 4.12. The summed E-state index contributed by atoms with van der Waals surface area (Å²) >= 11 is 0. The van der Waals surface area contributed by atoms with Gasteiger partial charge in [0.2, 0.25) is 0 Å². The summed E-state index contributed by atoms with van der Waals surface area (Å²) in [5, 5.41) is 6.84. The molecule has 0 radical (unpaired) electrons. The lowest BCUT2D eigenvalue weighted by Crippen LogP contribution is -2.18. The molecule has 10 heteroatoms. The van der Waals surface area contributed by atoms with Crippen molar-refractivity contribution in [2.45, 2.75) is 12.8 Å². The van der Waals surface area contributed by atoms with Crippen molar-refractivity contribution in [3.63, 3.8) is 0 Å². The Balaban J connectivity index is 1.33. The van der Waals surface area contributed by atoms with E-state index in [0.717, 1.165) is 23.3 Å². The smallest absolute Gasteiger partial charge is 0.417 e. The number of ether oxygens (including phenoxy) is 4. The summed E-state index contributed by atoms with van der Waals surface area (Å²) in [6, 6.07) is 24.2. The third-order valence-corrected chi connectivity index (χ3v) is 6.27. The molecule has 0 heterocycles. The fraction of sp³-hybridized carbons (Fsp3) is 0.118. The van der Waals surface area contributed by atoms with Gasteiger partial charge in [-0.05, 0) is 47.5 Å². The molecule has 0 aromatic heterocycles. The standard InChI is InChI=1S/C34H30N2O8/c1-3-31(37)41-21-19-23-11-15-25(16-12-23)43-33(39)35-29-9-5-8-28-27(29)7-6-10-30(28)36-34(40)44-26-17-13-24(14-18-26)20-22-42-32(38)4-2/h3-18H,1-2,19-22H2,(H,35,39)(H,36,40). The van der Waals surface area contributed by atoms with E-state index in [1.807, 2.05) is 0 Å². The summed E-state index contributed by atoms with van der Waals surface area (Å²) in [6.45, 7) is 7.14. The summed E-state index contributed by atoms with van der Waals surface area (Å²) in [5.74, 6) is -0.293. The molecule has 0 saturated carbocycles. The van der Waals surface area contributed by atoms with Crippen LogP contribution >= 0.6 is 0 Å². The molecule has 0 aliphatic heterocycles. The maximum atomic E-state index is 12.7. The maximum absolute atomic E-state index is 12.7. The number of fused-ring (bicyclic) bond motifs is 1. The van der Waals surface area contributed by atoms with Crippen LogP contribution in [0.25, 0.3) is 10.8 Å². The Morgan fingerprint density at radius 2 is 0.955 bits per heavy atom. The van der Waals surface area contributed by atoms with Gasteiger partial charge in [-0.2, -0.15) is 0 Å². The van der Waals surface area contributed by atoms with Gasteiger partial charge >= 0.3 is 24.1 Å². The molecule has 10 nitrogen and oxygen atoms in total. The number of nitrogens with one attached hydrogen (secondary N) is 2. The Hall–Kier alpha value is -5.90. The van der Waals surface area contributed by atoms with E-state index in [-0.39, 0.29) is 13.2 Å². The molecular weight excluding hydrogens is 564 g/mol. The average molecular weight is 595 g/mol. The molecular formula is C34H30N2O8. The minimum Gasteiger partial charge on any atom is -0.462 e. The highest BCUT2D eigenvalue weighted by molar-refractivity contribution is 6.07. The zero-order valence-corrected chi connectivity index (χ0v) is 23.7. The number of rotatable bonds is 12. The van der Waals surface area contributed by atoms with E-state index in [2.05, 4.69) is 23.8 Å². The molecule has 2 N–H and O–H groups in total. The van der Waals surface area contributed by atoms with Crippen molar-refractivity contribution in [3.05, 3.63) is 121 Å².